The van der Waals surface area contributed by atoms with E-state index in [1.807, 2.05) is 0 Å². The van der Waals surface area contributed by atoms with E-state index < -0.39 is 29.7 Å². The van der Waals surface area contributed by atoms with Gasteiger partial charge in [0.15, 0.2) is 0 Å². The number of aliphatic hydroxyl groups is 1. The molecule has 0 saturated heterocycles. The predicted molar refractivity (Wildman–Crippen MR) is 64.3 cm³/mol. The minimum atomic E-state index is -4.76. The minimum absolute atomic E-state index is 0. The van der Waals surface area contributed by atoms with Crippen molar-refractivity contribution in [1.29, 1.82) is 0 Å². The molecule has 7 heteroatoms. The zero-order valence-electron chi connectivity index (χ0n) is 9.82. The average Bonchev–Trinajstić information content (AvgIpc) is 3.09. The number of benzene rings is 1. The lowest BCUT2D eigenvalue weighted by atomic mass is 9.96. The summed E-state index contributed by atoms with van der Waals surface area (Å²) in [5, 5.41) is 9.76. The van der Waals surface area contributed by atoms with E-state index in [0.717, 1.165) is 18.9 Å². The molecule has 1 aliphatic rings. The van der Waals surface area contributed by atoms with E-state index >= 15 is 0 Å². The van der Waals surface area contributed by atoms with Crippen LogP contribution in [0, 0.1) is 11.7 Å². The van der Waals surface area contributed by atoms with Gasteiger partial charge in [0.25, 0.3) is 0 Å². The Morgan fingerprint density at radius 3 is 2.32 bits per heavy atom. The molecule has 0 unspecified atom stereocenters. The minimum Gasteiger partial charge on any atom is -0.391 e. The van der Waals surface area contributed by atoms with Gasteiger partial charge >= 0.3 is 6.18 Å². The summed E-state index contributed by atoms with van der Waals surface area (Å²) in [5.74, 6) is -1.42. The largest absolute Gasteiger partial charge is 0.419 e. The smallest absolute Gasteiger partial charge is 0.391 e. The van der Waals surface area contributed by atoms with Crippen molar-refractivity contribution in [2.24, 2.45) is 11.7 Å². The molecular weight excluding hydrogens is 286 g/mol. The summed E-state index contributed by atoms with van der Waals surface area (Å²) in [6, 6.07) is 1.82. The highest BCUT2D eigenvalue weighted by atomic mass is 35.5. The molecule has 0 aliphatic heterocycles. The molecule has 0 heterocycles. The summed E-state index contributed by atoms with van der Waals surface area (Å²) in [5.41, 5.74) is 4.00. The van der Waals surface area contributed by atoms with E-state index in [0.29, 0.717) is 6.07 Å². The van der Waals surface area contributed by atoms with Crippen molar-refractivity contribution in [3.8, 4) is 0 Å². The van der Waals surface area contributed by atoms with Crippen molar-refractivity contribution in [1.82, 2.24) is 0 Å². The maximum absolute atomic E-state index is 13.8. The molecule has 1 aliphatic carbocycles. The van der Waals surface area contributed by atoms with Gasteiger partial charge in [0, 0.05) is 5.56 Å². The fraction of sp³-hybridized carbons (Fsp3) is 0.500. The summed E-state index contributed by atoms with van der Waals surface area (Å²) in [6.07, 6.45) is -4.21. The van der Waals surface area contributed by atoms with Gasteiger partial charge in [-0.25, -0.2) is 4.39 Å². The van der Waals surface area contributed by atoms with Gasteiger partial charge in [-0.1, -0.05) is 12.1 Å². The Balaban J connectivity index is 0.00000180. The standard InChI is InChI=1S/C12H13F4NO.ClH/c13-9-7(10(17)11(18)6-4-5-6)2-1-3-8(9)12(14,15)16;/h1-3,6,10-11,18H,4-5,17H2;1H/t10-,11+;/m1./s1. The number of hydrogen-bond acceptors (Lipinski definition) is 2. The third kappa shape index (κ3) is 3.38. The maximum atomic E-state index is 13.8. The Morgan fingerprint density at radius 2 is 1.84 bits per heavy atom. The molecule has 2 nitrogen and oxygen atoms in total. The summed E-state index contributed by atoms with van der Waals surface area (Å²) < 4.78 is 51.3. The second kappa shape index (κ2) is 5.64. The zero-order chi connectivity index (χ0) is 13.5. The zero-order valence-corrected chi connectivity index (χ0v) is 10.6. The fourth-order valence-corrected chi connectivity index (χ4v) is 1.94. The lowest BCUT2D eigenvalue weighted by Gasteiger charge is -2.20. The lowest BCUT2D eigenvalue weighted by molar-refractivity contribution is -0.140. The molecule has 2 rings (SSSR count). The Hall–Kier alpha value is -0.850. The molecule has 3 N–H and O–H groups in total. The van der Waals surface area contributed by atoms with Crippen LogP contribution >= 0.6 is 12.4 Å². The lowest BCUT2D eigenvalue weighted by Crippen LogP contribution is -2.29. The highest BCUT2D eigenvalue weighted by Gasteiger charge is 2.39. The van der Waals surface area contributed by atoms with Gasteiger partial charge in [-0.2, -0.15) is 13.2 Å². The summed E-state index contributed by atoms with van der Waals surface area (Å²) in [6.45, 7) is 0. The third-order valence-electron chi connectivity index (χ3n) is 3.17. The summed E-state index contributed by atoms with van der Waals surface area (Å²) >= 11 is 0. The molecule has 0 radical (unpaired) electrons. The van der Waals surface area contributed by atoms with E-state index in [4.69, 9.17) is 5.73 Å². The van der Waals surface area contributed by atoms with Gasteiger partial charge in [-0.05, 0) is 24.8 Å². The molecule has 1 fully saturated rings. The van der Waals surface area contributed by atoms with Crippen LogP contribution in [0.2, 0.25) is 0 Å². The summed E-state index contributed by atoms with van der Waals surface area (Å²) in [4.78, 5) is 0. The number of nitrogens with two attached hydrogens (primary N) is 1. The average molecular weight is 300 g/mol. The molecule has 1 aromatic carbocycles. The van der Waals surface area contributed by atoms with Gasteiger partial charge in [0.1, 0.15) is 5.82 Å². The van der Waals surface area contributed by atoms with Crippen LogP contribution in [0.1, 0.15) is 30.0 Å². The maximum Gasteiger partial charge on any atom is 0.419 e. The second-order valence-electron chi connectivity index (χ2n) is 4.56. The van der Waals surface area contributed by atoms with Gasteiger partial charge in [-0.15, -0.1) is 12.4 Å². The molecular formula is C12H14ClF4NO. The van der Waals surface area contributed by atoms with Crippen LogP contribution in [0.25, 0.3) is 0 Å². The molecule has 108 valence electrons. The number of aliphatic hydroxyl groups excluding tert-OH is 1. The Kier molecular flexibility index (Phi) is 4.81. The van der Waals surface area contributed by atoms with E-state index in [-0.39, 0.29) is 23.9 Å². The number of hydrogen-bond donors (Lipinski definition) is 2. The SMILES string of the molecule is Cl.N[C@H](c1cccc(C(F)(F)F)c1F)[C@@H](O)C1CC1. The Bertz CT molecular complexity index is 448. The van der Waals surface area contributed by atoms with Crippen LogP contribution in [0.5, 0.6) is 0 Å². The number of alkyl halides is 3. The van der Waals surface area contributed by atoms with Crippen molar-refractivity contribution < 1.29 is 22.7 Å². The molecule has 0 bridgehead atoms. The van der Waals surface area contributed by atoms with Crippen molar-refractivity contribution in [3.05, 3.63) is 35.1 Å². The molecule has 0 amide bonds. The fourth-order valence-electron chi connectivity index (χ4n) is 1.94. The predicted octanol–water partition coefficient (Wildman–Crippen LogP) is 3.04. The normalized spacial score (nSPS) is 18.6. The number of halogens is 5. The molecule has 0 aromatic heterocycles. The van der Waals surface area contributed by atoms with Gasteiger partial charge in [0.2, 0.25) is 0 Å². The van der Waals surface area contributed by atoms with Crippen molar-refractivity contribution >= 4 is 12.4 Å². The van der Waals surface area contributed by atoms with Crippen molar-refractivity contribution in [2.45, 2.75) is 31.2 Å². The molecule has 1 saturated carbocycles. The molecule has 2 atom stereocenters. The highest BCUT2D eigenvalue weighted by Crippen LogP contribution is 2.39. The molecule has 1 aromatic rings. The first-order valence-corrected chi connectivity index (χ1v) is 5.61. The quantitative estimate of drug-likeness (QED) is 0.843. The molecule has 0 spiro atoms. The van der Waals surface area contributed by atoms with E-state index in [1.165, 1.54) is 6.07 Å². The second-order valence-corrected chi connectivity index (χ2v) is 4.56. The van der Waals surface area contributed by atoms with Crippen LogP contribution in [-0.4, -0.2) is 11.2 Å². The monoisotopic (exact) mass is 299 g/mol. The van der Waals surface area contributed by atoms with Crippen molar-refractivity contribution in [3.63, 3.8) is 0 Å². The van der Waals surface area contributed by atoms with Crippen LogP contribution in [0.15, 0.2) is 18.2 Å². The Morgan fingerprint density at radius 1 is 1.26 bits per heavy atom. The first-order valence-electron chi connectivity index (χ1n) is 5.61. The van der Waals surface area contributed by atoms with Crippen molar-refractivity contribution in [2.75, 3.05) is 0 Å². The van der Waals surface area contributed by atoms with E-state index in [1.54, 1.807) is 0 Å². The first-order chi connectivity index (χ1) is 8.32. The van der Waals surface area contributed by atoms with Crippen LogP contribution < -0.4 is 5.73 Å². The summed E-state index contributed by atoms with van der Waals surface area (Å²) in [7, 11) is 0. The topological polar surface area (TPSA) is 46.2 Å². The van der Waals surface area contributed by atoms with Crippen LogP contribution in [0.3, 0.4) is 0 Å². The number of rotatable bonds is 3. The van der Waals surface area contributed by atoms with Crippen LogP contribution in [0.4, 0.5) is 17.6 Å². The van der Waals surface area contributed by atoms with Gasteiger partial charge in [-0.3, -0.25) is 0 Å². The first kappa shape index (κ1) is 16.2. The highest BCUT2D eigenvalue weighted by molar-refractivity contribution is 5.85. The van der Waals surface area contributed by atoms with Gasteiger partial charge in [0.05, 0.1) is 17.7 Å². The van der Waals surface area contributed by atoms with Crippen LogP contribution in [-0.2, 0) is 6.18 Å². The van der Waals surface area contributed by atoms with E-state index in [9.17, 15) is 22.7 Å². The van der Waals surface area contributed by atoms with E-state index in [2.05, 4.69) is 0 Å². The Labute approximate surface area is 114 Å². The molecule has 19 heavy (non-hydrogen) atoms. The van der Waals surface area contributed by atoms with Gasteiger partial charge < -0.3 is 10.8 Å². The third-order valence-corrected chi connectivity index (χ3v) is 3.17.